The first kappa shape index (κ1) is 16.2. The fourth-order valence-electron chi connectivity index (χ4n) is 2.71. The number of aliphatic carboxylic acids is 1. The van der Waals surface area contributed by atoms with E-state index in [1.54, 1.807) is 0 Å². The van der Waals surface area contributed by atoms with Gasteiger partial charge in [-0.2, -0.15) is 0 Å². The topological polar surface area (TPSA) is 37.3 Å². The molecule has 1 aromatic rings. The van der Waals surface area contributed by atoms with Crippen LogP contribution in [0.2, 0.25) is 0 Å². The molecule has 2 atom stereocenters. The second kappa shape index (κ2) is 7.09. The minimum Gasteiger partial charge on any atom is -0.481 e. The molecule has 0 aliphatic rings. The van der Waals surface area contributed by atoms with Crippen molar-refractivity contribution in [2.45, 2.75) is 52.4 Å². The summed E-state index contributed by atoms with van der Waals surface area (Å²) >= 11 is 3.42. The lowest BCUT2D eigenvalue weighted by Crippen LogP contribution is -2.35. The smallest absolute Gasteiger partial charge is 0.310 e. The summed E-state index contributed by atoms with van der Waals surface area (Å²) in [4.78, 5) is 11.8. The molecule has 106 valence electrons. The number of hydrogen-bond donors (Lipinski definition) is 1. The zero-order valence-electron chi connectivity index (χ0n) is 11.9. The number of carboxylic acid groups (broad SMARTS) is 1. The van der Waals surface area contributed by atoms with E-state index in [-0.39, 0.29) is 5.92 Å². The highest BCUT2D eigenvalue weighted by molar-refractivity contribution is 9.10. The Hall–Kier alpha value is -0.830. The molecule has 2 nitrogen and oxygen atoms in total. The summed E-state index contributed by atoms with van der Waals surface area (Å²) in [7, 11) is 0. The summed E-state index contributed by atoms with van der Waals surface area (Å²) in [5.41, 5.74) is 0.452. The maximum absolute atomic E-state index is 11.8. The standard InChI is InChI=1S/C16H23BrO2/c1-4-6-11-16(5-2,15(18)19)12(3)13-7-9-14(17)10-8-13/h7-10,12H,4-6,11H2,1-3H3,(H,18,19). The van der Waals surface area contributed by atoms with Gasteiger partial charge in [0.2, 0.25) is 0 Å². The van der Waals surface area contributed by atoms with Crippen molar-refractivity contribution in [3.63, 3.8) is 0 Å². The Morgan fingerprint density at radius 2 is 1.89 bits per heavy atom. The molecule has 0 radical (unpaired) electrons. The number of rotatable bonds is 7. The number of halogens is 1. The highest BCUT2D eigenvalue weighted by Gasteiger charge is 2.41. The Balaban J connectivity index is 3.08. The van der Waals surface area contributed by atoms with E-state index in [9.17, 15) is 9.90 Å². The molecule has 0 fully saturated rings. The fourth-order valence-corrected chi connectivity index (χ4v) is 2.97. The van der Waals surface area contributed by atoms with Crippen LogP contribution in [0.15, 0.2) is 28.7 Å². The lowest BCUT2D eigenvalue weighted by Gasteiger charge is -2.35. The molecule has 0 saturated carbocycles. The first-order valence-corrected chi connectivity index (χ1v) is 7.76. The van der Waals surface area contributed by atoms with E-state index in [1.165, 1.54) is 0 Å². The van der Waals surface area contributed by atoms with E-state index in [0.717, 1.165) is 29.3 Å². The Kier molecular flexibility index (Phi) is 6.05. The second-order valence-electron chi connectivity index (χ2n) is 5.19. The molecule has 0 aliphatic heterocycles. The van der Waals surface area contributed by atoms with Gasteiger partial charge in [0.1, 0.15) is 0 Å². The summed E-state index contributed by atoms with van der Waals surface area (Å²) in [6, 6.07) is 8.00. The van der Waals surface area contributed by atoms with Gasteiger partial charge in [0, 0.05) is 4.47 Å². The number of unbranched alkanes of at least 4 members (excludes halogenated alkanes) is 1. The molecule has 0 spiro atoms. The van der Waals surface area contributed by atoms with Crippen LogP contribution in [0, 0.1) is 5.41 Å². The van der Waals surface area contributed by atoms with Gasteiger partial charge in [-0.15, -0.1) is 0 Å². The minimum absolute atomic E-state index is 0.0228. The van der Waals surface area contributed by atoms with Gasteiger partial charge in [0.25, 0.3) is 0 Å². The van der Waals surface area contributed by atoms with Crippen molar-refractivity contribution in [3.05, 3.63) is 34.3 Å². The third-order valence-corrected chi connectivity index (χ3v) is 4.76. The van der Waals surface area contributed by atoms with Crippen LogP contribution in [0.25, 0.3) is 0 Å². The van der Waals surface area contributed by atoms with Gasteiger partial charge in [-0.05, 0) is 36.5 Å². The predicted octanol–water partition coefficient (Wildman–Crippen LogP) is 5.22. The lowest BCUT2D eigenvalue weighted by atomic mass is 9.68. The van der Waals surface area contributed by atoms with E-state index < -0.39 is 11.4 Å². The molecular formula is C16H23BrO2. The SMILES string of the molecule is CCCCC(CC)(C(=O)O)C(C)c1ccc(Br)cc1. The van der Waals surface area contributed by atoms with Crippen LogP contribution >= 0.6 is 15.9 Å². The van der Waals surface area contributed by atoms with Gasteiger partial charge < -0.3 is 5.11 Å². The fraction of sp³-hybridized carbons (Fsp3) is 0.562. The van der Waals surface area contributed by atoms with Gasteiger partial charge in [-0.3, -0.25) is 4.79 Å². The van der Waals surface area contributed by atoms with Crippen LogP contribution in [0.1, 0.15) is 57.9 Å². The van der Waals surface area contributed by atoms with Gasteiger partial charge in [0.05, 0.1) is 5.41 Å². The van der Waals surface area contributed by atoms with Crippen LogP contribution in [0.4, 0.5) is 0 Å². The maximum atomic E-state index is 11.8. The van der Waals surface area contributed by atoms with Crippen LogP contribution < -0.4 is 0 Å². The van der Waals surface area contributed by atoms with Crippen molar-refractivity contribution < 1.29 is 9.90 Å². The van der Waals surface area contributed by atoms with E-state index in [2.05, 4.69) is 22.9 Å². The van der Waals surface area contributed by atoms with Crippen molar-refractivity contribution in [1.29, 1.82) is 0 Å². The zero-order chi connectivity index (χ0) is 14.5. The summed E-state index contributed by atoms with van der Waals surface area (Å²) in [5, 5.41) is 9.73. The van der Waals surface area contributed by atoms with Gasteiger partial charge in [0.15, 0.2) is 0 Å². The van der Waals surface area contributed by atoms with Crippen molar-refractivity contribution in [2.75, 3.05) is 0 Å². The summed E-state index contributed by atoms with van der Waals surface area (Å²) in [6.07, 6.45) is 3.40. The Bertz CT molecular complexity index is 413. The largest absolute Gasteiger partial charge is 0.481 e. The van der Waals surface area contributed by atoms with Gasteiger partial charge >= 0.3 is 5.97 Å². The van der Waals surface area contributed by atoms with Crippen LogP contribution in [0.3, 0.4) is 0 Å². The second-order valence-corrected chi connectivity index (χ2v) is 6.11. The average molecular weight is 327 g/mol. The first-order chi connectivity index (χ1) is 8.97. The van der Waals surface area contributed by atoms with Crippen molar-refractivity contribution in [2.24, 2.45) is 5.41 Å². The van der Waals surface area contributed by atoms with E-state index >= 15 is 0 Å². The summed E-state index contributed by atoms with van der Waals surface area (Å²) in [5.74, 6) is -0.645. The number of carboxylic acids is 1. The molecule has 2 unspecified atom stereocenters. The molecule has 1 rings (SSSR count). The molecule has 3 heteroatoms. The number of carbonyl (C=O) groups is 1. The normalized spacial score (nSPS) is 15.8. The molecule has 19 heavy (non-hydrogen) atoms. The third-order valence-electron chi connectivity index (χ3n) is 4.23. The highest BCUT2D eigenvalue weighted by atomic mass is 79.9. The lowest BCUT2D eigenvalue weighted by molar-refractivity contribution is -0.151. The van der Waals surface area contributed by atoms with Crippen LogP contribution in [0.5, 0.6) is 0 Å². The molecule has 0 heterocycles. The van der Waals surface area contributed by atoms with E-state index in [0.29, 0.717) is 6.42 Å². The highest BCUT2D eigenvalue weighted by Crippen LogP contribution is 2.43. The molecular weight excluding hydrogens is 304 g/mol. The van der Waals surface area contributed by atoms with E-state index in [1.807, 2.05) is 38.1 Å². The molecule has 0 saturated heterocycles. The van der Waals surface area contributed by atoms with Crippen molar-refractivity contribution in [1.82, 2.24) is 0 Å². The number of benzene rings is 1. The summed E-state index contributed by atoms with van der Waals surface area (Å²) in [6.45, 7) is 6.13. The quantitative estimate of drug-likeness (QED) is 0.745. The first-order valence-electron chi connectivity index (χ1n) is 6.96. The molecule has 0 bridgehead atoms. The van der Waals surface area contributed by atoms with E-state index in [4.69, 9.17) is 0 Å². The van der Waals surface area contributed by atoms with Crippen molar-refractivity contribution >= 4 is 21.9 Å². The Morgan fingerprint density at radius 1 is 1.32 bits per heavy atom. The van der Waals surface area contributed by atoms with Gasteiger partial charge in [-0.1, -0.05) is 61.7 Å². The molecule has 1 aromatic carbocycles. The molecule has 0 aliphatic carbocycles. The van der Waals surface area contributed by atoms with Gasteiger partial charge in [-0.25, -0.2) is 0 Å². The van der Waals surface area contributed by atoms with Crippen LogP contribution in [-0.4, -0.2) is 11.1 Å². The van der Waals surface area contributed by atoms with Crippen LogP contribution in [-0.2, 0) is 4.79 Å². The third kappa shape index (κ3) is 3.59. The minimum atomic E-state index is -0.668. The maximum Gasteiger partial charge on any atom is 0.310 e. The molecule has 0 aromatic heterocycles. The summed E-state index contributed by atoms with van der Waals surface area (Å²) < 4.78 is 1.02. The monoisotopic (exact) mass is 326 g/mol. The van der Waals surface area contributed by atoms with Crippen molar-refractivity contribution in [3.8, 4) is 0 Å². The average Bonchev–Trinajstić information content (AvgIpc) is 2.40. The Labute approximate surface area is 124 Å². The predicted molar refractivity (Wildman–Crippen MR) is 82.4 cm³/mol. The Morgan fingerprint density at radius 3 is 2.32 bits per heavy atom. The number of hydrogen-bond acceptors (Lipinski definition) is 1. The zero-order valence-corrected chi connectivity index (χ0v) is 13.5. The molecule has 1 N–H and O–H groups in total. The molecule has 0 amide bonds.